The van der Waals surface area contributed by atoms with E-state index < -0.39 is 0 Å². The van der Waals surface area contributed by atoms with Gasteiger partial charge in [-0.05, 0) is 42.5 Å². The lowest BCUT2D eigenvalue weighted by Gasteiger charge is -2.34. The van der Waals surface area contributed by atoms with Gasteiger partial charge in [-0.15, -0.1) is 0 Å². The number of nitrogens with zero attached hydrogens (tertiary/aromatic N) is 2. The van der Waals surface area contributed by atoms with E-state index in [-0.39, 0.29) is 23.8 Å². The molecule has 2 saturated heterocycles. The second-order valence-corrected chi connectivity index (χ2v) is 7.11. The van der Waals surface area contributed by atoms with Gasteiger partial charge in [0.1, 0.15) is 6.29 Å². The Morgan fingerprint density at radius 1 is 1.16 bits per heavy atom. The van der Waals surface area contributed by atoms with Crippen LogP contribution in [-0.4, -0.2) is 37.9 Å². The molecule has 2 heterocycles. The lowest BCUT2D eigenvalue weighted by molar-refractivity contribution is -0.120. The summed E-state index contributed by atoms with van der Waals surface area (Å²) in [5, 5.41) is 2.39. The Kier molecular flexibility index (Phi) is 5.06. The summed E-state index contributed by atoms with van der Waals surface area (Å²) in [6.07, 6.45) is 3.16. The summed E-state index contributed by atoms with van der Waals surface area (Å²) in [7, 11) is 0. The molecule has 1 aromatic carbocycles. The first-order valence-corrected chi connectivity index (χ1v) is 8.95. The van der Waals surface area contributed by atoms with Gasteiger partial charge in [0.2, 0.25) is 5.91 Å². The third-order valence-corrected chi connectivity index (χ3v) is 5.08. The van der Waals surface area contributed by atoms with Crippen LogP contribution >= 0.6 is 0 Å². The summed E-state index contributed by atoms with van der Waals surface area (Å²) in [6.45, 7) is 6.37. The third-order valence-electron chi connectivity index (χ3n) is 5.08. The van der Waals surface area contributed by atoms with Crippen molar-refractivity contribution in [3.8, 4) is 0 Å². The van der Waals surface area contributed by atoms with E-state index in [4.69, 9.17) is 0 Å². The minimum absolute atomic E-state index is 0.176. The fraction of sp³-hybridized carbons (Fsp3) is 0.526. The van der Waals surface area contributed by atoms with Crippen LogP contribution in [0.1, 0.15) is 44.6 Å². The van der Waals surface area contributed by atoms with E-state index >= 15 is 0 Å². The highest BCUT2D eigenvalue weighted by molar-refractivity contribution is 6.06. The molecule has 3 rings (SSSR count). The Morgan fingerprint density at radius 2 is 1.88 bits per heavy atom. The minimum atomic E-state index is -0.349. The van der Waals surface area contributed by atoms with Crippen molar-refractivity contribution in [2.45, 2.75) is 39.0 Å². The molecule has 2 aliphatic rings. The molecule has 6 nitrogen and oxygen atoms in total. The summed E-state index contributed by atoms with van der Waals surface area (Å²) in [6, 6.07) is 5.81. The second kappa shape index (κ2) is 7.25. The smallest absolute Gasteiger partial charge is 0.328 e. The van der Waals surface area contributed by atoms with Crippen LogP contribution in [0.2, 0.25) is 0 Å². The normalized spacial score (nSPS) is 19.3. The fourth-order valence-corrected chi connectivity index (χ4v) is 3.53. The maximum absolute atomic E-state index is 12.2. The largest absolute Gasteiger partial charge is 0.371 e. The molecule has 0 radical (unpaired) electrons. The van der Waals surface area contributed by atoms with Crippen molar-refractivity contribution in [2.24, 2.45) is 5.92 Å². The number of carbonyl (C=O) groups excluding carboxylic acids is 3. The second-order valence-electron chi connectivity index (χ2n) is 7.11. The first-order valence-electron chi connectivity index (χ1n) is 8.95. The van der Waals surface area contributed by atoms with E-state index in [1.54, 1.807) is 4.90 Å². The zero-order chi connectivity index (χ0) is 18.0. The minimum Gasteiger partial charge on any atom is -0.371 e. The van der Waals surface area contributed by atoms with Gasteiger partial charge in [0.15, 0.2) is 0 Å². The van der Waals surface area contributed by atoms with Crippen LogP contribution in [0.15, 0.2) is 18.2 Å². The lowest BCUT2D eigenvalue weighted by atomic mass is 9.96. The molecular formula is C19H25N3O3. The van der Waals surface area contributed by atoms with Crippen LogP contribution in [0.25, 0.3) is 0 Å². The number of carbonyl (C=O) groups is 3. The molecule has 1 N–H and O–H groups in total. The molecule has 25 heavy (non-hydrogen) atoms. The number of nitrogens with one attached hydrogen (secondary N) is 1. The van der Waals surface area contributed by atoms with Crippen LogP contribution in [0.4, 0.5) is 16.2 Å². The van der Waals surface area contributed by atoms with E-state index in [0.29, 0.717) is 13.0 Å². The maximum Gasteiger partial charge on any atom is 0.328 e. The van der Waals surface area contributed by atoms with Gasteiger partial charge in [-0.2, -0.15) is 0 Å². The Balaban J connectivity index is 1.85. The Hall–Kier alpha value is -2.37. The standard InChI is InChI=1S/C19H25N3O3/c1-13(2)16-11-15(21-8-5-14(12-23)6-9-21)3-4-17(16)22-10-7-18(24)20-19(22)25/h3-4,11-14H,5-10H2,1-2H3,(H,20,24,25). The molecule has 0 spiro atoms. The molecule has 6 heteroatoms. The molecule has 0 aromatic heterocycles. The predicted molar refractivity (Wildman–Crippen MR) is 97.0 cm³/mol. The highest BCUT2D eigenvalue weighted by Gasteiger charge is 2.27. The summed E-state index contributed by atoms with van der Waals surface area (Å²) in [4.78, 5) is 38.5. The van der Waals surface area contributed by atoms with Gasteiger partial charge in [0.25, 0.3) is 0 Å². The number of anilines is 2. The first kappa shape index (κ1) is 17.5. The van der Waals surface area contributed by atoms with Crippen molar-refractivity contribution in [1.82, 2.24) is 5.32 Å². The monoisotopic (exact) mass is 343 g/mol. The number of aldehydes is 1. The van der Waals surface area contributed by atoms with Gasteiger partial charge < -0.3 is 9.69 Å². The molecule has 2 aliphatic heterocycles. The highest BCUT2D eigenvalue weighted by atomic mass is 16.2. The van der Waals surface area contributed by atoms with Crippen molar-refractivity contribution >= 4 is 29.6 Å². The van der Waals surface area contributed by atoms with Crippen LogP contribution < -0.4 is 15.1 Å². The quantitative estimate of drug-likeness (QED) is 0.854. The molecule has 0 saturated carbocycles. The van der Waals surface area contributed by atoms with E-state index in [9.17, 15) is 14.4 Å². The van der Waals surface area contributed by atoms with Gasteiger partial charge in [0, 0.05) is 43.3 Å². The van der Waals surface area contributed by atoms with E-state index in [1.165, 1.54) is 0 Å². The summed E-state index contributed by atoms with van der Waals surface area (Å²) >= 11 is 0. The number of piperidine rings is 1. The number of benzene rings is 1. The fourth-order valence-electron chi connectivity index (χ4n) is 3.53. The number of rotatable bonds is 4. The highest BCUT2D eigenvalue weighted by Crippen LogP contribution is 2.33. The SMILES string of the molecule is CC(C)c1cc(N2CCC(C=O)CC2)ccc1N1CCC(=O)NC1=O. The first-order chi connectivity index (χ1) is 12.0. The maximum atomic E-state index is 12.2. The van der Waals surface area contributed by atoms with Gasteiger partial charge >= 0.3 is 6.03 Å². The average molecular weight is 343 g/mol. The predicted octanol–water partition coefficient (Wildman–Crippen LogP) is 2.67. The van der Waals surface area contributed by atoms with Gasteiger partial charge in [-0.3, -0.25) is 15.0 Å². The van der Waals surface area contributed by atoms with Crippen molar-refractivity contribution in [1.29, 1.82) is 0 Å². The zero-order valence-corrected chi connectivity index (χ0v) is 14.8. The summed E-state index contributed by atoms with van der Waals surface area (Å²) in [5.74, 6) is 0.213. The molecule has 134 valence electrons. The molecular weight excluding hydrogens is 318 g/mol. The van der Waals surface area contributed by atoms with E-state index in [0.717, 1.165) is 49.2 Å². The molecule has 2 fully saturated rings. The van der Waals surface area contributed by atoms with Crippen LogP contribution in [0, 0.1) is 5.92 Å². The third kappa shape index (κ3) is 3.67. The molecule has 3 amide bonds. The van der Waals surface area contributed by atoms with Crippen LogP contribution in [0.3, 0.4) is 0 Å². The van der Waals surface area contributed by atoms with Gasteiger partial charge in [0.05, 0.1) is 0 Å². The van der Waals surface area contributed by atoms with Gasteiger partial charge in [-0.25, -0.2) is 4.79 Å². The number of hydrogen-bond acceptors (Lipinski definition) is 4. The summed E-state index contributed by atoms with van der Waals surface area (Å²) < 4.78 is 0. The number of imide groups is 1. The van der Waals surface area contributed by atoms with Crippen LogP contribution in [0.5, 0.6) is 0 Å². The van der Waals surface area contributed by atoms with Crippen molar-refractivity contribution in [2.75, 3.05) is 29.4 Å². The number of amides is 3. The Morgan fingerprint density at radius 3 is 2.48 bits per heavy atom. The average Bonchev–Trinajstić information content (AvgIpc) is 2.61. The lowest BCUT2D eigenvalue weighted by Crippen LogP contribution is -2.50. The van der Waals surface area contributed by atoms with Crippen molar-refractivity contribution in [3.05, 3.63) is 23.8 Å². The topological polar surface area (TPSA) is 69.7 Å². The van der Waals surface area contributed by atoms with E-state index in [2.05, 4.69) is 30.1 Å². The van der Waals surface area contributed by atoms with Crippen molar-refractivity contribution < 1.29 is 14.4 Å². The molecule has 0 aliphatic carbocycles. The molecule has 1 aromatic rings. The molecule has 0 atom stereocenters. The Labute approximate surface area is 148 Å². The number of urea groups is 1. The molecule has 0 unspecified atom stereocenters. The Bertz CT molecular complexity index is 678. The zero-order valence-electron chi connectivity index (χ0n) is 14.8. The summed E-state index contributed by atoms with van der Waals surface area (Å²) in [5.41, 5.74) is 3.09. The van der Waals surface area contributed by atoms with Gasteiger partial charge in [-0.1, -0.05) is 13.8 Å². The van der Waals surface area contributed by atoms with E-state index in [1.807, 2.05) is 12.1 Å². The molecule has 0 bridgehead atoms. The van der Waals surface area contributed by atoms with Crippen molar-refractivity contribution in [3.63, 3.8) is 0 Å². The number of hydrogen-bond donors (Lipinski definition) is 1. The van der Waals surface area contributed by atoms with Crippen LogP contribution in [-0.2, 0) is 9.59 Å².